The predicted molar refractivity (Wildman–Crippen MR) is 82.5 cm³/mol. The van der Waals surface area contributed by atoms with Gasteiger partial charge in [-0.3, -0.25) is 14.8 Å². The van der Waals surface area contributed by atoms with Crippen LogP contribution in [0.25, 0.3) is 0 Å². The van der Waals surface area contributed by atoms with Gasteiger partial charge in [0.25, 0.3) is 0 Å². The number of nitrogens with zero attached hydrogens (tertiary/aromatic N) is 3. The number of aryl methyl sites for hydroxylation is 1. The van der Waals surface area contributed by atoms with Crippen molar-refractivity contribution in [2.24, 2.45) is 0 Å². The summed E-state index contributed by atoms with van der Waals surface area (Å²) in [6.45, 7) is 5.33. The summed E-state index contributed by atoms with van der Waals surface area (Å²) >= 11 is 0. The van der Waals surface area contributed by atoms with Gasteiger partial charge in [0.15, 0.2) is 0 Å². The minimum Gasteiger partial charge on any atom is -0.382 e. The molecule has 1 N–H and O–H groups in total. The molecular formula is C15H26N4O3. The fourth-order valence-electron chi connectivity index (χ4n) is 2.78. The first-order chi connectivity index (χ1) is 10.5. The number of aromatic amines is 1. The zero-order chi connectivity index (χ0) is 16.2. The lowest BCUT2D eigenvalue weighted by molar-refractivity contribution is -0.160. The molecule has 2 heterocycles. The number of hydrogen-bond donors (Lipinski definition) is 1. The molecule has 7 heteroatoms. The third-order valence-electron chi connectivity index (χ3n) is 4.04. The molecule has 1 aliphatic heterocycles. The molecule has 1 aromatic heterocycles. The molecule has 1 atom stereocenters. The average molecular weight is 310 g/mol. The number of aromatic nitrogens is 2. The Balaban J connectivity index is 2.06. The van der Waals surface area contributed by atoms with Gasteiger partial charge in [-0.15, -0.1) is 0 Å². The van der Waals surface area contributed by atoms with Crippen LogP contribution in [0, 0.1) is 6.92 Å². The van der Waals surface area contributed by atoms with Crippen molar-refractivity contribution in [1.29, 1.82) is 0 Å². The molecule has 1 fully saturated rings. The summed E-state index contributed by atoms with van der Waals surface area (Å²) in [6.07, 6.45) is 2.18. The molecule has 0 radical (unpaired) electrons. The first kappa shape index (κ1) is 16.9. The molecule has 1 amide bonds. The minimum absolute atomic E-state index is 0.0541. The van der Waals surface area contributed by atoms with Gasteiger partial charge in [0.1, 0.15) is 5.60 Å². The fourth-order valence-corrected chi connectivity index (χ4v) is 2.78. The van der Waals surface area contributed by atoms with E-state index in [9.17, 15) is 4.79 Å². The van der Waals surface area contributed by atoms with E-state index in [1.165, 1.54) is 5.56 Å². The number of carbonyl (C=O) groups excluding carboxylic acids is 1. The van der Waals surface area contributed by atoms with Crippen LogP contribution in [0.15, 0.2) is 6.20 Å². The van der Waals surface area contributed by atoms with Gasteiger partial charge < -0.3 is 14.4 Å². The van der Waals surface area contributed by atoms with Gasteiger partial charge in [-0.2, -0.15) is 5.10 Å². The predicted octanol–water partition coefficient (Wildman–Crippen LogP) is 0.414. The smallest absolute Gasteiger partial charge is 0.225 e. The Kier molecular flexibility index (Phi) is 5.55. The first-order valence-corrected chi connectivity index (χ1v) is 7.50. The Labute approximate surface area is 131 Å². The summed E-state index contributed by atoms with van der Waals surface area (Å²) < 4.78 is 11.3. The number of H-pyrrole nitrogens is 1. The quantitative estimate of drug-likeness (QED) is 0.824. The van der Waals surface area contributed by atoms with Crippen LogP contribution in [0.1, 0.15) is 17.7 Å². The van der Waals surface area contributed by atoms with E-state index >= 15 is 0 Å². The van der Waals surface area contributed by atoms with Gasteiger partial charge in [-0.25, -0.2) is 0 Å². The molecule has 1 saturated heterocycles. The number of nitrogens with one attached hydrogen (secondary N) is 1. The van der Waals surface area contributed by atoms with Crippen LogP contribution in [0.3, 0.4) is 0 Å². The molecular weight excluding hydrogens is 284 g/mol. The average Bonchev–Trinajstić information content (AvgIpc) is 2.84. The summed E-state index contributed by atoms with van der Waals surface area (Å²) in [4.78, 5) is 16.0. The minimum atomic E-state index is -0.577. The van der Waals surface area contributed by atoms with E-state index in [4.69, 9.17) is 9.47 Å². The van der Waals surface area contributed by atoms with Crippen LogP contribution < -0.4 is 0 Å². The zero-order valence-corrected chi connectivity index (χ0v) is 13.9. The largest absolute Gasteiger partial charge is 0.382 e. The standard InChI is InChI=1S/C15H26N4O3/c1-12-13(8-16-17-12)9-19-5-6-22-15(10-19,11-21-4)7-14(20)18(2)3/h8H,5-7,9-11H2,1-4H3,(H,16,17)/t15-/m0/s1. The maximum Gasteiger partial charge on any atom is 0.225 e. The number of ether oxygens (including phenoxy) is 2. The number of morpholine rings is 1. The van der Waals surface area contributed by atoms with Crippen molar-refractivity contribution in [3.8, 4) is 0 Å². The number of hydrogen-bond acceptors (Lipinski definition) is 5. The summed E-state index contributed by atoms with van der Waals surface area (Å²) in [6, 6.07) is 0. The fraction of sp³-hybridized carbons (Fsp3) is 0.733. The topological polar surface area (TPSA) is 70.7 Å². The van der Waals surface area contributed by atoms with Gasteiger partial charge >= 0.3 is 0 Å². The third-order valence-corrected chi connectivity index (χ3v) is 4.04. The Morgan fingerprint density at radius 1 is 1.59 bits per heavy atom. The molecule has 0 spiro atoms. The molecule has 0 bridgehead atoms. The number of rotatable bonds is 6. The number of amides is 1. The highest BCUT2D eigenvalue weighted by atomic mass is 16.5. The Morgan fingerprint density at radius 2 is 2.36 bits per heavy atom. The van der Waals surface area contributed by atoms with E-state index < -0.39 is 5.60 Å². The van der Waals surface area contributed by atoms with Crippen LogP contribution in [0.2, 0.25) is 0 Å². The molecule has 0 unspecified atom stereocenters. The maximum atomic E-state index is 12.1. The van der Waals surface area contributed by atoms with E-state index in [2.05, 4.69) is 15.1 Å². The highest BCUT2D eigenvalue weighted by Crippen LogP contribution is 2.25. The third kappa shape index (κ3) is 4.06. The molecule has 1 aliphatic rings. The van der Waals surface area contributed by atoms with Crippen LogP contribution in [0.4, 0.5) is 0 Å². The van der Waals surface area contributed by atoms with Crippen molar-refractivity contribution in [2.75, 3.05) is 47.5 Å². The second-order valence-electron chi connectivity index (χ2n) is 6.16. The summed E-state index contributed by atoms with van der Waals surface area (Å²) in [5, 5.41) is 7.02. The highest BCUT2D eigenvalue weighted by Gasteiger charge is 2.39. The molecule has 0 aromatic carbocycles. The summed E-state index contributed by atoms with van der Waals surface area (Å²) in [5.74, 6) is 0.0541. The Morgan fingerprint density at radius 3 is 2.95 bits per heavy atom. The van der Waals surface area contributed by atoms with Crippen LogP contribution >= 0.6 is 0 Å². The van der Waals surface area contributed by atoms with E-state index in [0.29, 0.717) is 26.2 Å². The van der Waals surface area contributed by atoms with Crippen molar-refractivity contribution >= 4 is 5.91 Å². The molecule has 124 valence electrons. The van der Waals surface area contributed by atoms with Crippen molar-refractivity contribution in [1.82, 2.24) is 20.0 Å². The van der Waals surface area contributed by atoms with Gasteiger partial charge in [0, 0.05) is 52.1 Å². The van der Waals surface area contributed by atoms with Crippen molar-refractivity contribution in [2.45, 2.75) is 25.5 Å². The monoisotopic (exact) mass is 310 g/mol. The van der Waals surface area contributed by atoms with Gasteiger partial charge in [-0.05, 0) is 6.92 Å². The van der Waals surface area contributed by atoms with E-state index in [1.54, 1.807) is 26.1 Å². The van der Waals surface area contributed by atoms with Crippen LogP contribution in [-0.4, -0.2) is 79.0 Å². The lowest BCUT2D eigenvalue weighted by Crippen LogP contribution is -2.55. The molecule has 22 heavy (non-hydrogen) atoms. The van der Waals surface area contributed by atoms with Crippen molar-refractivity contribution in [3.63, 3.8) is 0 Å². The van der Waals surface area contributed by atoms with E-state index in [0.717, 1.165) is 18.8 Å². The molecule has 0 saturated carbocycles. The van der Waals surface area contributed by atoms with Gasteiger partial charge in [0.05, 0.1) is 25.8 Å². The van der Waals surface area contributed by atoms with Crippen LogP contribution in [-0.2, 0) is 20.8 Å². The van der Waals surface area contributed by atoms with Gasteiger partial charge in [-0.1, -0.05) is 0 Å². The maximum absolute atomic E-state index is 12.1. The van der Waals surface area contributed by atoms with E-state index in [1.807, 2.05) is 13.1 Å². The number of carbonyl (C=O) groups is 1. The zero-order valence-electron chi connectivity index (χ0n) is 13.9. The van der Waals surface area contributed by atoms with Crippen molar-refractivity contribution in [3.05, 3.63) is 17.5 Å². The lowest BCUT2D eigenvalue weighted by atomic mass is 9.96. The van der Waals surface area contributed by atoms with E-state index in [-0.39, 0.29) is 5.91 Å². The van der Waals surface area contributed by atoms with Crippen molar-refractivity contribution < 1.29 is 14.3 Å². The first-order valence-electron chi connectivity index (χ1n) is 7.50. The molecule has 7 nitrogen and oxygen atoms in total. The molecule has 1 aromatic rings. The summed E-state index contributed by atoms with van der Waals surface area (Å²) in [7, 11) is 5.17. The molecule has 0 aliphatic carbocycles. The highest BCUT2D eigenvalue weighted by molar-refractivity contribution is 5.76. The molecule has 2 rings (SSSR count). The lowest BCUT2D eigenvalue weighted by Gasteiger charge is -2.42. The van der Waals surface area contributed by atoms with Gasteiger partial charge in [0.2, 0.25) is 5.91 Å². The second-order valence-corrected chi connectivity index (χ2v) is 6.16. The Bertz CT molecular complexity index is 499. The Hall–Kier alpha value is -1.44. The summed E-state index contributed by atoms with van der Waals surface area (Å²) in [5.41, 5.74) is 1.67. The number of methoxy groups -OCH3 is 1. The van der Waals surface area contributed by atoms with Crippen LogP contribution in [0.5, 0.6) is 0 Å². The normalized spacial score (nSPS) is 22.7. The SMILES string of the molecule is COC[C@]1(CC(=O)N(C)C)CN(Cc2cn[nH]c2C)CCO1. The second kappa shape index (κ2) is 7.21.